The molecule has 0 atom stereocenters. The van der Waals surface area contributed by atoms with Crippen molar-refractivity contribution in [2.24, 2.45) is 5.73 Å². The van der Waals surface area contributed by atoms with E-state index in [4.69, 9.17) is 15.5 Å². The smallest absolute Gasteiger partial charge is 0.100 e. The van der Waals surface area contributed by atoms with Crippen LogP contribution in [0.15, 0.2) is 35.4 Å². The second-order valence-corrected chi connectivity index (χ2v) is 6.40. The van der Waals surface area contributed by atoms with Crippen LogP contribution in [0.4, 0.5) is 0 Å². The van der Waals surface area contributed by atoms with E-state index in [0.717, 1.165) is 43.0 Å². The second kappa shape index (κ2) is 6.57. The number of ether oxygens (including phenoxy) is 1. The van der Waals surface area contributed by atoms with E-state index < -0.39 is 0 Å². The third kappa shape index (κ3) is 3.14. The molecule has 0 amide bonds. The summed E-state index contributed by atoms with van der Waals surface area (Å²) >= 11 is 1.90. The van der Waals surface area contributed by atoms with E-state index in [1.54, 1.807) is 0 Å². The minimum Gasteiger partial charge on any atom is -0.381 e. The molecule has 3 rings (SSSR count). The Labute approximate surface area is 123 Å². The highest BCUT2D eigenvalue weighted by atomic mass is 32.2. The number of thioether (sulfide) groups is 1. The Morgan fingerprint density at radius 3 is 2.85 bits per heavy atom. The molecule has 0 aliphatic carbocycles. The summed E-state index contributed by atoms with van der Waals surface area (Å²) in [5.41, 5.74) is 8.10. The lowest BCUT2D eigenvalue weighted by Crippen LogP contribution is -2.18. The molecule has 1 aliphatic heterocycles. The molecule has 2 aromatic rings. The first-order valence-electron chi connectivity index (χ1n) is 7.20. The van der Waals surface area contributed by atoms with Gasteiger partial charge in [-0.2, -0.15) is 0 Å². The van der Waals surface area contributed by atoms with Gasteiger partial charge in [0.25, 0.3) is 0 Å². The van der Waals surface area contributed by atoms with Crippen LogP contribution < -0.4 is 5.73 Å². The van der Waals surface area contributed by atoms with Crippen molar-refractivity contribution in [3.63, 3.8) is 0 Å². The van der Waals surface area contributed by atoms with Gasteiger partial charge in [0.2, 0.25) is 0 Å². The fourth-order valence-corrected chi connectivity index (χ4v) is 3.74. The molecule has 1 aromatic carbocycles. The van der Waals surface area contributed by atoms with Crippen molar-refractivity contribution >= 4 is 22.7 Å². The van der Waals surface area contributed by atoms with Gasteiger partial charge in [-0.1, -0.05) is 18.2 Å². The predicted octanol–water partition coefficient (Wildman–Crippen LogP) is 3.01. The third-order valence-corrected chi connectivity index (χ3v) is 5.00. The predicted molar refractivity (Wildman–Crippen MR) is 84.2 cm³/mol. The summed E-state index contributed by atoms with van der Waals surface area (Å²) in [6.07, 6.45) is 3.12. The monoisotopic (exact) mass is 288 g/mol. The summed E-state index contributed by atoms with van der Waals surface area (Å²) < 4.78 is 5.43. The normalized spacial score (nSPS) is 16.6. The number of nitrogens with zero attached hydrogens (tertiary/aromatic N) is 1. The van der Waals surface area contributed by atoms with E-state index in [9.17, 15) is 0 Å². The number of benzene rings is 1. The molecule has 20 heavy (non-hydrogen) atoms. The molecular weight excluding hydrogens is 268 g/mol. The van der Waals surface area contributed by atoms with Gasteiger partial charge in [0.15, 0.2) is 0 Å². The number of para-hydroxylation sites is 1. The molecule has 1 saturated heterocycles. The molecule has 2 N–H and O–H groups in total. The Hall–Kier alpha value is -1.10. The van der Waals surface area contributed by atoms with Gasteiger partial charge in [0, 0.05) is 23.8 Å². The van der Waals surface area contributed by atoms with Crippen molar-refractivity contribution in [2.75, 3.05) is 19.8 Å². The number of nitrogens with two attached hydrogens (primary N) is 1. The average molecular weight is 288 g/mol. The lowest BCUT2D eigenvalue weighted by molar-refractivity contribution is 0.1000. The van der Waals surface area contributed by atoms with Gasteiger partial charge in [-0.3, -0.25) is 0 Å². The largest absolute Gasteiger partial charge is 0.381 e. The van der Waals surface area contributed by atoms with Gasteiger partial charge in [-0.05, 0) is 43.5 Å². The van der Waals surface area contributed by atoms with Gasteiger partial charge in [-0.25, -0.2) is 4.98 Å². The van der Waals surface area contributed by atoms with Gasteiger partial charge in [0.05, 0.1) is 5.52 Å². The van der Waals surface area contributed by atoms with Gasteiger partial charge in [-0.15, -0.1) is 11.8 Å². The molecule has 1 aromatic heterocycles. The molecule has 2 heterocycles. The first kappa shape index (κ1) is 13.9. The summed E-state index contributed by atoms with van der Waals surface area (Å²) in [7, 11) is 0. The summed E-state index contributed by atoms with van der Waals surface area (Å²) in [5, 5.41) is 2.97. The van der Waals surface area contributed by atoms with Crippen LogP contribution in [0.25, 0.3) is 10.9 Å². The molecule has 0 bridgehead atoms. The summed E-state index contributed by atoms with van der Waals surface area (Å²) in [6, 6.07) is 10.5. The first-order valence-corrected chi connectivity index (χ1v) is 8.08. The lowest BCUT2D eigenvalue weighted by atomic mass is 10.1. The van der Waals surface area contributed by atoms with Crippen LogP contribution in [0.5, 0.6) is 0 Å². The zero-order valence-corrected chi connectivity index (χ0v) is 12.4. The van der Waals surface area contributed by atoms with Crippen molar-refractivity contribution in [1.82, 2.24) is 4.98 Å². The highest BCUT2D eigenvalue weighted by Crippen LogP contribution is 2.32. The molecule has 1 fully saturated rings. The van der Waals surface area contributed by atoms with Crippen LogP contribution in [0.3, 0.4) is 0 Å². The van der Waals surface area contributed by atoms with E-state index in [1.807, 2.05) is 17.8 Å². The Morgan fingerprint density at radius 2 is 2.05 bits per heavy atom. The number of rotatable bonds is 4. The Balaban J connectivity index is 1.91. The fourth-order valence-electron chi connectivity index (χ4n) is 2.53. The van der Waals surface area contributed by atoms with Crippen molar-refractivity contribution < 1.29 is 4.74 Å². The van der Waals surface area contributed by atoms with Crippen LogP contribution >= 0.6 is 11.8 Å². The standard InChI is InChI=1S/C16H20N2OS/c17-8-5-13-11-12-3-1-2-4-15(12)18-16(13)20-14-6-9-19-10-7-14/h1-4,11,14H,5-10,17H2. The molecule has 0 saturated carbocycles. The summed E-state index contributed by atoms with van der Waals surface area (Å²) in [5.74, 6) is 0. The van der Waals surface area contributed by atoms with Crippen LogP contribution in [0, 0.1) is 0 Å². The molecular formula is C16H20N2OS. The van der Waals surface area contributed by atoms with E-state index in [2.05, 4.69) is 24.3 Å². The first-order chi connectivity index (χ1) is 9.86. The maximum absolute atomic E-state index is 5.75. The zero-order chi connectivity index (χ0) is 13.8. The number of pyridine rings is 1. The van der Waals surface area contributed by atoms with Crippen molar-refractivity contribution in [3.05, 3.63) is 35.9 Å². The maximum atomic E-state index is 5.75. The third-order valence-electron chi connectivity index (χ3n) is 3.62. The highest BCUT2D eigenvalue weighted by Gasteiger charge is 2.18. The molecule has 106 valence electrons. The fraction of sp³-hybridized carbons (Fsp3) is 0.438. The second-order valence-electron chi connectivity index (χ2n) is 5.11. The number of fused-ring (bicyclic) bond motifs is 1. The molecule has 3 nitrogen and oxygen atoms in total. The topological polar surface area (TPSA) is 48.1 Å². The zero-order valence-electron chi connectivity index (χ0n) is 11.5. The Kier molecular flexibility index (Phi) is 4.55. The van der Waals surface area contributed by atoms with Crippen molar-refractivity contribution in [2.45, 2.75) is 29.5 Å². The van der Waals surface area contributed by atoms with Crippen LogP contribution in [-0.2, 0) is 11.2 Å². The van der Waals surface area contributed by atoms with Crippen LogP contribution in [0.1, 0.15) is 18.4 Å². The Morgan fingerprint density at radius 1 is 1.25 bits per heavy atom. The molecule has 0 spiro atoms. The van der Waals surface area contributed by atoms with E-state index in [-0.39, 0.29) is 0 Å². The highest BCUT2D eigenvalue weighted by molar-refractivity contribution is 7.99. The molecule has 4 heteroatoms. The van der Waals surface area contributed by atoms with E-state index in [0.29, 0.717) is 11.8 Å². The number of hydrogen-bond acceptors (Lipinski definition) is 4. The van der Waals surface area contributed by atoms with Crippen LogP contribution in [-0.4, -0.2) is 30.0 Å². The van der Waals surface area contributed by atoms with Gasteiger partial charge >= 0.3 is 0 Å². The molecule has 1 aliphatic rings. The minimum absolute atomic E-state index is 0.619. The Bertz CT molecular complexity index is 582. The van der Waals surface area contributed by atoms with Gasteiger partial charge in [0.1, 0.15) is 5.03 Å². The van der Waals surface area contributed by atoms with Crippen molar-refractivity contribution in [3.8, 4) is 0 Å². The number of aromatic nitrogens is 1. The molecule has 0 radical (unpaired) electrons. The minimum atomic E-state index is 0.619. The lowest BCUT2D eigenvalue weighted by Gasteiger charge is -2.22. The quantitative estimate of drug-likeness (QED) is 0.939. The average Bonchev–Trinajstić information content (AvgIpc) is 2.49. The van der Waals surface area contributed by atoms with E-state index >= 15 is 0 Å². The van der Waals surface area contributed by atoms with Crippen molar-refractivity contribution in [1.29, 1.82) is 0 Å². The SMILES string of the molecule is NCCc1cc2ccccc2nc1SC1CCOCC1. The number of hydrogen-bond donors (Lipinski definition) is 1. The van der Waals surface area contributed by atoms with E-state index in [1.165, 1.54) is 10.9 Å². The summed E-state index contributed by atoms with van der Waals surface area (Å²) in [4.78, 5) is 4.85. The maximum Gasteiger partial charge on any atom is 0.100 e. The van der Waals surface area contributed by atoms with Gasteiger partial charge < -0.3 is 10.5 Å². The molecule has 0 unspecified atom stereocenters. The van der Waals surface area contributed by atoms with Crippen LogP contribution in [0.2, 0.25) is 0 Å². The summed E-state index contributed by atoms with van der Waals surface area (Å²) in [6.45, 7) is 2.41.